The Kier molecular flexibility index (Phi) is 5.11. The first-order valence-corrected chi connectivity index (χ1v) is 8.43. The summed E-state index contributed by atoms with van der Waals surface area (Å²) >= 11 is 12.4. The minimum Gasteiger partial charge on any atom is -0.369 e. The first-order chi connectivity index (χ1) is 11.9. The maximum absolute atomic E-state index is 6.37. The number of rotatable bonds is 4. The van der Waals surface area contributed by atoms with Crippen LogP contribution in [0.2, 0.25) is 10.0 Å². The van der Waals surface area contributed by atoms with Gasteiger partial charge in [0.15, 0.2) is 5.76 Å². The van der Waals surface area contributed by atoms with E-state index in [-0.39, 0.29) is 0 Å². The number of halogens is 2. The molecule has 1 heterocycles. The molecule has 3 aromatic rings. The van der Waals surface area contributed by atoms with Crippen molar-refractivity contribution in [3.63, 3.8) is 0 Å². The number of aryl methyl sites for hydroxylation is 1. The van der Waals surface area contributed by atoms with Gasteiger partial charge in [0, 0.05) is 36.3 Å². The summed E-state index contributed by atoms with van der Waals surface area (Å²) in [5, 5.41) is 5.36. The van der Waals surface area contributed by atoms with Crippen LogP contribution in [0.3, 0.4) is 0 Å². The molecule has 0 bridgehead atoms. The summed E-state index contributed by atoms with van der Waals surface area (Å²) in [6.07, 6.45) is 1.71. The lowest BCUT2D eigenvalue weighted by atomic mass is 10.0. The molecule has 0 fully saturated rings. The van der Waals surface area contributed by atoms with Gasteiger partial charge >= 0.3 is 0 Å². The average molecular weight is 374 g/mol. The van der Waals surface area contributed by atoms with Gasteiger partial charge in [0.1, 0.15) is 5.69 Å². The molecule has 1 aromatic heterocycles. The van der Waals surface area contributed by atoms with Gasteiger partial charge in [0.05, 0.1) is 17.0 Å². The molecule has 0 N–H and O–H groups in total. The summed E-state index contributed by atoms with van der Waals surface area (Å²) in [6, 6.07) is 13.1. The topological polar surface area (TPSA) is 41.6 Å². The molecule has 4 nitrogen and oxygen atoms in total. The van der Waals surface area contributed by atoms with E-state index in [0.29, 0.717) is 21.5 Å². The Bertz CT molecular complexity index is 932. The maximum atomic E-state index is 6.37. The lowest BCUT2D eigenvalue weighted by Crippen LogP contribution is -2.07. The Morgan fingerprint density at radius 1 is 1.12 bits per heavy atom. The van der Waals surface area contributed by atoms with Gasteiger partial charge in [-0.15, -0.1) is 0 Å². The quantitative estimate of drug-likeness (QED) is 0.425. The summed E-state index contributed by atoms with van der Waals surface area (Å²) in [4.78, 5) is 6.23. The van der Waals surface area contributed by atoms with E-state index in [1.807, 2.05) is 68.4 Å². The smallest absolute Gasteiger partial charge is 0.167 e. The van der Waals surface area contributed by atoms with Gasteiger partial charge in [0.2, 0.25) is 0 Å². The van der Waals surface area contributed by atoms with E-state index < -0.39 is 0 Å². The molecule has 0 aliphatic heterocycles. The highest BCUT2D eigenvalue weighted by atomic mass is 35.5. The Morgan fingerprint density at radius 2 is 1.92 bits per heavy atom. The number of nitrogens with zero attached hydrogens (tertiary/aromatic N) is 3. The number of benzene rings is 2. The maximum Gasteiger partial charge on any atom is 0.167 e. The van der Waals surface area contributed by atoms with Gasteiger partial charge in [-0.05, 0) is 36.8 Å². The molecule has 6 heteroatoms. The van der Waals surface area contributed by atoms with Crippen LogP contribution in [0.5, 0.6) is 0 Å². The summed E-state index contributed by atoms with van der Waals surface area (Å²) in [7, 11) is 3.81. The van der Waals surface area contributed by atoms with Crippen molar-refractivity contribution < 1.29 is 4.52 Å². The van der Waals surface area contributed by atoms with E-state index in [1.54, 1.807) is 6.34 Å². The minimum absolute atomic E-state index is 0.555. The molecule has 0 unspecified atom stereocenters. The van der Waals surface area contributed by atoms with Crippen LogP contribution in [0.1, 0.15) is 5.56 Å². The molecular weight excluding hydrogens is 357 g/mol. The highest BCUT2D eigenvalue weighted by Crippen LogP contribution is 2.35. The van der Waals surface area contributed by atoms with Crippen molar-refractivity contribution in [3.8, 4) is 22.6 Å². The molecule has 0 radical (unpaired) electrons. The van der Waals surface area contributed by atoms with Crippen LogP contribution < -0.4 is 0 Å². The minimum atomic E-state index is 0.555. The van der Waals surface area contributed by atoms with Gasteiger partial charge in [-0.3, -0.25) is 0 Å². The summed E-state index contributed by atoms with van der Waals surface area (Å²) < 4.78 is 5.52. The molecule has 3 rings (SSSR count). The van der Waals surface area contributed by atoms with Crippen LogP contribution in [0.15, 0.2) is 52.0 Å². The van der Waals surface area contributed by atoms with Crippen molar-refractivity contribution in [1.82, 2.24) is 10.1 Å². The first kappa shape index (κ1) is 17.5. The van der Waals surface area contributed by atoms with Crippen molar-refractivity contribution in [1.29, 1.82) is 0 Å². The fourth-order valence-corrected chi connectivity index (χ4v) is 2.80. The van der Waals surface area contributed by atoms with E-state index >= 15 is 0 Å². The number of hydrogen-bond donors (Lipinski definition) is 0. The molecular formula is C19H17Cl2N3O. The molecule has 2 aromatic carbocycles. The van der Waals surface area contributed by atoms with Gasteiger partial charge in [0.25, 0.3) is 0 Å². The van der Waals surface area contributed by atoms with E-state index in [1.165, 1.54) is 0 Å². The number of aromatic nitrogens is 1. The van der Waals surface area contributed by atoms with Gasteiger partial charge < -0.3 is 9.42 Å². The van der Waals surface area contributed by atoms with E-state index in [2.05, 4.69) is 10.1 Å². The van der Waals surface area contributed by atoms with Crippen LogP contribution in [0, 0.1) is 6.92 Å². The van der Waals surface area contributed by atoms with Crippen molar-refractivity contribution >= 4 is 35.2 Å². The van der Waals surface area contributed by atoms with E-state index in [9.17, 15) is 0 Å². The van der Waals surface area contributed by atoms with E-state index in [0.717, 1.165) is 22.4 Å². The number of aliphatic imine (C=N–C) groups is 1. The largest absolute Gasteiger partial charge is 0.369 e. The zero-order valence-electron chi connectivity index (χ0n) is 14.1. The summed E-state index contributed by atoms with van der Waals surface area (Å²) in [5.74, 6) is 0.650. The predicted molar refractivity (Wildman–Crippen MR) is 104 cm³/mol. The molecule has 0 saturated heterocycles. The van der Waals surface area contributed by atoms with Crippen molar-refractivity contribution in [2.24, 2.45) is 4.99 Å². The number of hydrogen-bond acceptors (Lipinski definition) is 3. The van der Waals surface area contributed by atoms with Crippen LogP contribution in [0.25, 0.3) is 22.6 Å². The molecule has 0 aliphatic carbocycles. The lowest BCUT2D eigenvalue weighted by Gasteiger charge is -2.07. The third-order valence-corrected chi connectivity index (χ3v) is 4.16. The van der Waals surface area contributed by atoms with Crippen LogP contribution >= 0.6 is 23.2 Å². The fourth-order valence-electron chi connectivity index (χ4n) is 2.39. The van der Waals surface area contributed by atoms with Crippen LogP contribution in [0.4, 0.5) is 5.69 Å². The van der Waals surface area contributed by atoms with Gasteiger partial charge in [-0.1, -0.05) is 40.5 Å². The Morgan fingerprint density at radius 3 is 2.64 bits per heavy atom. The Hall–Kier alpha value is -2.30. The van der Waals surface area contributed by atoms with E-state index in [4.69, 9.17) is 27.7 Å². The average Bonchev–Trinajstić information content (AvgIpc) is 3.05. The second-order valence-corrected chi connectivity index (χ2v) is 6.76. The Labute approximate surface area is 156 Å². The molecule has 0 spiro atoms. The fraction of sp³-hybridized carbons (Fsp3) is 0.158. The molecule has 0 atom stereocenters. The summed E-state index contributed by atoms with van der Waals surface area (Å²) in [5.41, 5.74) is 4.23. The third-order valence-electron chi connectivity index (χ3n) is 3.62. The van der Waals surface area contributed by atoms with Crippen LogP contribution in [-0.4, -0.2) is 30.5 Å². The zero-order chi connectivity index (χ0) is 18.0. The molecule has 128 valence electrons. The van der Waals surface area contributed by atoms with Gasteiger partial charge in [-0.2, -0.15) is 0 Å². The Balaban J connectivity index is 1.96. The second-order valence-electron chi connectivity index (χ2n) is 5.91. The molecule has 0 saturated carbocycles. The zero-order valence-corrected chi connectivity index (χ0v) is 15.6. The summed E-state index contributed by atoms with van der Waals surface area (Å²) in [6.45, 7) is 1.99. The SMILES string of the molecule is Cc1cc(N=CN(C)C)c(Cl)cc1-c1cc(-c2cccc(Cl)c2)no1. The van der Waals surface area contributed by atoms with Crippen molar-refractivity contribution in [3.05, 3.63) is 58.1 Å². The molecule has 0 amide bonds. The normalized spacial score (nSPS) is 11.2. The standard InChI is InChI=1S/C19H17Cl2N3O/c1-12-7-18(22-11-24(2)3)16(21)9-15(12)19-10-17(23-25-19)13-5-4-6-14(20)8-13/h4-11H,1-3H3. The highest BCUT2D eigenvalue weighted by molar-refractivity contribution is 6.33. The second kappa shape index (κ2) is 7.30. The molecule has 0 aliphatic rings. The molecule has 25 heavy (non-hydrogen) atoms. The van der Waals surface area contributed by atoms with Crippen molar-refractivity contribution in [2.45, 2.75) is 6.92 Å². The third kappa shape index (κ3) is 4.03. The monoisotopic (exact) mass is 373 g/mol. The highest BCUT2D eigenvalue weighted by Gasteiger charge is 2.13. The van der Waals surface area contributed by atoms with Gasteiger partial charge in [-0.25, -0.2) is 4.99 Å². The predicted octanol–water partition coefficient (Wildman–Crippen LogP) is 5.85. The van der Waals surface area contributed by atoms with Crippen LogP contribution in [-0.2, 0) is 0 Å². The first-order valence-electron chi connectivity index (χ1n) is 7.68. The lowest BCUT2D eigenvalue weighted by molar-refractivity contribution is 0.434. The van der Waals surface area contributed by atoms with Crippen molar-refractivity contribution in [2.75, 3.05) is 14.1 Å².